The second-order valence-corrected chi connectivity index (χ2v) is 13.5. The van der Waals surface area contributed by atoms with Gasteiger partial charge in [0.2, 0.25) is 0 Å². The van der Waals surface area contributed by atoms with E-state index in [4.69, 9.17) is 0 Å². The van der Waals surface area contributed by atoms with Gasteiger partial charge in [-0.15, -0.1) is 0 Å². The zero-order valence-corrected chi connectivity index (χ0v) is 28.8. The van der Waals surface area contributed by atoms with Crippen molar-refractivity contribution in [1.82, 2.24) is 0 Å². The van der Waals surface area contributed by atoms with E-state index in [1.54, 1.807) is 78.0 Å². The minimum absolute atomic E-state index is 0.582. The Labute approximate surface area is 259 Å². The normalized spacial score (nSPS) is 26.5. The number of rotatable bonds is 9. The molecule has 0 nitrogen and oxygen atoms in total. The van der Waals surface area contributed by atoms with E-state index >= 15 is 0 Å². The molecule has 0 aromatic rings. The van der Waals surface area contributed by atoms with E-state index in [9.17, 15) is 0 Å². The Morgan fingerprint density at radius 1 is 0.476 bits per heavy atom. The van der Waals surface area contributed by atoms with Crippen LogP contribution >= 0.6 is 0 Å². The van der Waals surface area contributed by atoms with Crippen LogP contribution in [0.15, 0.2) is 90.2 Å². The summed E-state index contributed by atoms with van der Waals surface area (Å²) in [4.78, 5) is 0. The van der Waals surface area contributed by atoms with Crippen LogP contribution in [0.4, 0.5) is 0 Å². The standard InChI is InChI=1S/C42H60/c1-10-32-26-19-27-21-29(35(13-4)33(27)11-2)23-31-25-42(39(17-8)37(31)15-6)40(18-9)41-24-30(36(14-5)38(41)16-7)22-28(20-26)34(32)12-3/h20,25,28,31,40H,10-19,21-24H2,1-9H3. The van der Waals surface area contributed by atoms with Gasteiger partial charge in [0.15, 0.2) is 0 Å². The summed E-state index contributed by atoms with van der Waals surface area (Å²) in [6.07, 6.45) is 22.4. The second kappa shape index (κ2) is 13.3. The minimum atomic E-state index is 0.582. The van der Waals surface area contributed by atoms with Gasteiger partial charge in [-0.1, -0.05) is 108 Å². The summed E-state index contributed by atoms with van der Waals surface area (Å²) in [6, 6.07) is 0. The summed E-state index contributed by atoms with van der Waals surface area (Å²) >= 11 is 0. The maximum Gasteiger partial charge on any atom is 0.00544 e. The van der Waals surface area contributed by atoms with Crippen LogP contribution in [-0.4, -0.2) is 0 Å². The largest absolute Gasteiger partial charge is 0.0732 e. The Hall–Kier alpha value is -2.08. The van der Waals surface area contributed by atoms with Gasteiger partial charge in [0.05, 0.1) is 0 Å². The van der Waals surface area contributed by atoms with Crippen LogP contribution in [0.3, 0.4) is 0 Å². The maximum absolute atomic E-state index is 2.80. The van der Waals surface area contributed by atoms with E-state index in [0.29, 0.717) is 17.8 Å². The molecule has 5 aliphatic rings. The van der Waals surface area contributed by atoms with Gasteiger partial charge in [-0.3, -0.25) is 0 Å². The Balaban J connectivity index is 1.70. The molecule has 0 aliphatic heterocycles. The highest BCUT2D eigenvalue weighted by Gasteiger charge is 2.37. The van der Waals surface area contributed by atoms with E-state index in [1.807, 2.05) is 0 Å². The number of hydrogen-bond acceptors (Lipinski definition) is 0. The monoisotopic (exact) mass is 564 g/mol. The lowest BCUT2D eigenvalue weighted by Crippen LogP contribution is -2.09. The molecule has 0 amide bonds. The summed E-state index contributed by atoms with van der Waals surface area (Å²) in [7, 11) is 0. The van der Waals surface area contributed by atoms with Gasteiger partial charge in [-0.2, -0.15) is 0 Å². The molecule has 42 heavy (non-hydrogen) atoms. The van der Waals surface area contributed by atoms with Crippen LogP contribution in [0.25, 0.3) is 0 Å². The molecule has 3 unspecified atom stereocenters. The molecule has 0 heteroatoms. The van der Waals surface area contributed by atoms with Crippen molar-refractivity contribution < 1.29 is 0 Å². The molecular weight excluding hydrogens is 504 g/mol. The second-order valence-electron chi connectivity index (χ2n) is 13.5. The van der Waals surface area contributed by atoms with E-state index < -0.39 is 0 Å². The highest BCUT2D eigenvalue weighted by atomic mass is 14.4. The first-order valence-electron chi connectivity index (χ1n) is 18.1. The minimum Gasteiger partial charge on any atom is -0.0732 e. The molecule has 0 heterocycles. The average molecular weight is 565 g/mol. The lowest BCUT2D eigenvalue weighted by atomic mass is 9.80. The molecule has 0 saturated heterocycles. The van der Waals surface area contributed by atoms with Gasteiger partial charge in [0, 0.05) is 17.8 Å². The Kier molecular flexibility index (Phi) is 9.91. The third kappa shape index (κ3) is 5.18. The molecule has 0 aromatic carbocycles. The quantitative estimate of drug-likeness (QED) is 0.261. The van der Waals surface area contributed by atoms with Crippen LogP contribution in [-0.2, 0) is 0 Å². The Morgan fingerprint density at radius 3 is 1.52 bits per heavy atom. The molecule has 0 fully saturated rings. The fraction of sp³-hybridized carbons (Fsp3) is 0.619. The predicted molar refractivity (Wildman–Crippen MR) is 184 cm³/mol. The smallest absolute Gasteiger partial charge is 0.00544 e. The van der Waals surface area contributed by atoms with Crippen LogP contribution in [0.1, 0.15) is 152 Å². The molecule has 0 saturated carbocycles. The van der Waals surface area contributed by atoms with Crippen molar-refractivity contribution >= 4 is 0 Å². The first-order valence-corrected chi connectivity index (χ1v) is 18.1. The number of fused-ring (bicyclic) bond motifs is 6. The molecule has 3 atom stereocenters. The molecule has 0 aromatic heterocycles. The van der Waals surface area contributed by atoms with Crippen molar-refractivity contribution in [2.45, 2.75) is 152 Å². The van der Waals surface area contributed by atoms with Gasteiger partial charge in [0.1, 0.15) is 0 Å². The fourth-order valence-electron chi connectivity index (χ4n) is 10.3. The highest BCUT2D eigenvalue weighted by molar-refractivity contribution is 5.58. The van der Waals surface area contributed by atoms with Gasteiger partial charge < -0.3 is 0 Å². The number of allylic oxidation sites excluding steroid dienone is 16. The van der Waals surface area contributed by atoms with Crippen LogP contribution < -0.4 is 0 Å². The predicted octanol–water partition coefficient (Wildman–Crippen LogP) is 13.2. The summed E-state index contributed by atoms with van der Waals surface area (Å²) in [5.41, 5.74) is 24.3. The molecule has 8 bridgehead atoms. The lowest BCUT2D eigenvalue weighted by molar-refractivity contribution is 0.648. The van der Waals surface area contributed by atoms with Crippen molar-refractivity contribution in [3.63, 3.8) is 0 Å². The lowest BCUT2D eigenvalue weighted by Gasteiger charge is -2.24. The van der Waals surface area contributed by atoms with E-state index in [1.165, 1.54) is 89.9 Å². The van der Waals surface area contributed by atoms with Crippen molar-refractivity contribution in [2.24, 2.45) is 17.8 Å². The third-order valence-corrected chi connectivity index (χ3v) is 11.8. The van der Waals surface area contributed by atoms with Gasteiger partial charge in [-0.25, -0.2) is 0 Å². The van der Waals surface area contributed by atoms with Crippen molar-refractivity contribution in [2.75, 3.05) is 0 Å². The Bertz CT molecular complexity index is 1350. The molecule has 5 rings (SSSR count). The van der Waals surface area contributed by atoms with Crippen molar-refractivity contribution in [3.05, 3.63) is 90.2 Å². The van der Waals surface area contributed by atoms with E-state index in [2.05, 4.69) is 74.5 Å². The molecule has 228 valence electrons. The number of hydrogen-bond donors (Lipinski definition) is 0. The molecule has 0 spiro atoms. The van der Waals surface area contributed by atoms with Crippen LogP contribution in [0.2, 0.25) is 0 Å². The van der Waals surface area contributed by atoms with Crippen molar-refractivity contribution in [1.29, 1.82) is 0 Å². The SMILES string of the molecule is CCC1=C2CC3=CC(CC4=C(CC)C(CC)=C(C4)C(CC)C4=CC(CC(=C1CC)C2)C(CC)=C4CC)C(CC)=C3CC. The van der Waals surface area contributed by atoms with E-state index in [0.717, 1.165) is 0 Å². The average Bonchev–Trinajstić information content (AvgIpc) is 3.72. The summed E-state index contributed by atoms with van der Waals surface area (Å²) in [5, 5.41) is 0. The molecular formula is C42H60. The van der Waals surface area contributed by atoms with E-state index in [-0.39, 0.29) is 0 Å². The molecule has 5 aliphatic carbocycles. The first-order chi connectivity index (χ1) is 20.4. The summed E-state index contributed by atoms with van der Waals surface area (Å²) < 4.78 is 0. The molecule has 0 N–H and O–H groups in total. The van der Waals surface area contributed by atoms with Gasteiger partial charge in [0.25, 0.3) is 0 Å². The Morgan fingerprint density at radius 2 is 0.976 bits per heavy atom. The molecule has 0 radical (unpaired) electrons. The van der Waals surface area contributed by atoms with Crippen LogP contribution in [0, 0.1) is 17.8 Å². The summed E-state index contributed by atoms with van der Waals surface area (Å²) in [5.74, 6) is 1.77. The zero-order chi connectivity index (χ0) is 30.1. The van der Waals surface area contributed by atoms with Gasteiger partial charge >= 0.3 is 0 Å². The zero-order valence-electron chi connectivity index (χ0n) is 28.8. The first kappa shape index (κ1) is 31.3. The van der Waals surface area contributed by atoms with Crippen LogP contribution in [0.5, 0.6) is 0 Å². The highest BCUT2D eigenvalue weighted by Crippen LogP contribution is 2.53. The summed E-state index contributed by atoms with van der Waals surface area (Å²) in [6.45, 7) is 21.8. The van der Waals surface area contributed by atoms with Gasteiger partial charge in [-0.05, 0) is 134 Å². The third-order valence-electron chi connectivity index (χ3n) is 11.8. The van der Waals surface area contributed by atoms with Crippen molar-refractivity contribution in [3.8, 4) is 0 Å². The fourth-order valence-corrected chi connectivity index (χ4v) is 10.3. The maximum atomic E-state index is 2.80. The topological polar surface area (TPSA) is 0 Å².